The Hall–Kier alpha value is -1.20. The van der Waals surface area contributed by atoms with Crippen molar-refractivity contribution in [3.05, 3.63) is 34.0 Å². The fraction of sp³-hybridized carbons (Fsp3) is 0.273. The molecule has 2 aromatic rings. The summed E-state index contributed by atoms with van der Waals surface area (Å²) in [5.41, 5.74) is 0. The lowest BCUT2D eigenvalue weighted by molar-refractivity contribution is 0.0985. The van der Waals surface area contributed by atoms with Crippen LogP contribution in [0.2, 0.25) is 0 Å². The number of thiazole rings is 1. The lowest BCUT2D eigenvalue weighted by Crippen LogP contribution is -2.04. The van der Waals surface area contributed by atoms with E-state index in [-0.39, 0.29) is 5.78 Å². The minimum atomic E-state index is 0.232. The van der Waals surface area contributed by atoms with Crippen LogP contribution in [0, 0.1) is 0 Å². The van der Waals surface area contributed by atoms with Gasteiger partial charge in [0.1, 0.15) is 0 Å². The van der Waals surface area contributed by atoms with Crippen LogP contribution in [0.5, 0.6) is 0 Å². The molecule has 84 valence electrons. The normalized spacial score (nSPS) is 10.2. The van der Waals surface area contributed by atoms with Crippen LogP contribution in [-0.4, -0.2) is 17.3 Å². The van der Waals surface area contributed by atoms with Crippen LogP contribution in [0.25, 0.3) is 0 Å². The molecule has 1 N–H and O–H groups in total. The van der Waals surface area contributed by atoms with Gasteiger partial charge in [0, 0.05) is 24.5 Å². The maximum atomic E-state index is 11.6. The summed E-state index contributed by atoms with van der Waals surface area (Å²) in [6.45, 7) is 0.796. The maximum absolute atomic E-state index is 11.6. The molecule has 2 rings (SSSR count). The topological polar surface area (TPSA) is 42.0 Å². The molecule has 2 aromatic heterocycles. The number of nitrogens with zero attached hydrogens (tertiary/aromatic N) is 1. The summed E-state index contributed by atoms with van der Waals surface area (Å²) in [5.74, 6) is 0.232. The zero-order valence-corrected chi connectivity index (χ0v) is 10.3. The van der Waals surface area contributed by atoms with Crippen molar-refractivity contribution < 1.29 is 4.79 Å². The molecule has 0 spiro atoms. The van der Waals surface area contributed by atoms with Crippen LogP contribution in [0.1, 0.15) is 22.5 Å². The van der Waals surface area contributed by atoms with Crippen LogP contribution < -0.4 is 5.32 Å². The Morgan fingerprint density at radius 1 is 1.38 bits per heavy atom. The number of nitrogens with one attached hydrogen (secondary N) is 1. The summed E-state index contributed by atoms with van der Waals surface area (Å²) in [6, 6.07) is 3.78. The average molecular weight is 252 g/mol. The third kappa shape index (κ3) is 3.15. The van der Waals surface area contributed by atoms with Gasteiger partial charge in [-0.15, -0.1) is 22.7 Å². The zero-order valence-electron chi connectivity index (χ0n) is 8.68. The quantitative estimate of drug-likeness (QED) is 0.633. The first kappa shape index (κ1) is 11.3. The molecule has 0 atom stereocenters. The van der Waals surface area contributed by atoms with E-state index in [1.807, 2.05) is 22.9 Å². The minimum absolute atomic E-state index is 0.232. The van der Waals surface area contributed by atoms with Crippen molar-refractivity contribution >= 4 is 33.6 Å². The summed E-state index contributed by atoms with van der Waals surface area (Å²) in [7, 11) is 0. The third-order valence-corrected chi connectivity index (χ3v) is 3.73. The van der Waals surface area contributed by atoms with Crippen LogP contribution in [0.3, 0.4) is 0 Å². The van der Waals surface area contributed by atoms with Crippen molar-refractivity contribution in [2.24, 2.45) is 0 Å². The number of anilines is 1. The molecular formula is C11H12N2OS2. The number of hydrogen-bond donors (Lipinski definition) is 1. The number of aromatic nitrogens is 1. The number of rotatable bonds is 6. The first-order valence-electron chi connectivity index (χ1n) is 5.06. The highest BCUT2D eigenvalue weighted by Crippen LogP contribution is 2.13. The van der Waals surface area contributed by atoms with Gasteiger partial charge in [-0.25, -0.2) is 4.98 Å². The van der Waals surface area contributed by atoms with Crippen molar-refractivity contribution in [1.29, 1.82) is 0 Å². The number of hydrogen-bond acceptors (Lipinski definition) is 5. The second kappa shape index (κ2) is 5.77. The molecule has 0 bridgehead atoms. The van der Waals surface area contributed by atoms with Gasteiger partial charge in [0.2, 0.25) is 0 Å². The predicted octanol–water partition coefficient (Wildman–Crippen LogP) is 3.28. The second-order valence-corrected chi connectivity index (χ2v) is 5.11. The average Bonchev–Trinajstić information content (AvgIpc) is 2.96. The molecule has 0 aromatic carbocycles. The van der Waals surface area contributed by atoms with Gasteiger partial charge in [-0.1, -0.05) is 6.07 Å². The number of Topliss-reactive ketones (excluding diaryl/α,β-unsaturated/α-hetero) is 1. The minimum Gasteiger partial charge on any atom is -0.362 e. The molecule has 0 radical (unpaired) electrons. The lowest BCUT2D eigenvalue weighted by Gasteiger charge is -2.01. The van der Waals surface area contributed by atoms with Crippen LogP contribution in [-0.2, 0) is 0 Å². The Morgan fingerprint density at radius 3 is 3.00 bits per heavy atom. The molecule has 0 unspecified atom stereocenters. The second-order valence-electron chi connectivity index (χ2n) is 3.27. The van der Waals surface area contributed by atoms with Gasteiger partial charge in [0.25, 0.3) is 0 Å². The number of ketones is 1. The smallest absolute Gasteiger partial charge is 0.182 e. The van der Waals surface area contributed by atoms with Crippen LogP contribution >= 0.6 is 22.7 Å². The van der Waals surface area contributed by atoms with E-state index in [1.54, 1.807) is 17.5 Å². The van der Waals surface area contributed by atoms with Gasteiger partial charge in [-0.3, -0.25) is 4.79 Å². The SMILES string of the molecule is O=C(CCCNc1nccs1)c1cccs1. The highest BCUT2D eigenvalue weighted by molar-refractivity contribution is 7.13. The molecular weight excluding hydrogens is 240 g/mol. The number of thiophene rings is 1. The highest BCUT2D eigenvalue weighted by Gasteiger charge is 2.05. The molecule has 0 aliphatic rings. The van der Waals surface area contributed by atoms with Crippen LogP contribution in [0.15, 0.2) is 29.1 Å². The number of carbonyl (C=O) groups is 1. The molecule has 5 heteroatoms. The lowest BCUT2D eigenvalue weighted by atomic mass is 10.2. The third-order valence-electron chi connectivity index (χ3n) is 2.09. The van der Waals surface area contributed by atoms with E-state index in [2.05, 4.69) is 10.3 Å². The van der Waals surface area contributed by atoms with E-state index in [4.69, 9.17) is 0 Å². The summed E-state index contributed by atoms with van der Waals surface area (Å²) < 4.78 is 0. The van der Waals surface area contributed by atoms with Crippen LogP contribution in [0.4, 0.5) is 5.13 Å². The van der Waals surface area contributed by atoms with Gasteiger partial charge in [0.05, 0.1) is 4.88 Å². The first-order chi connectivity index (χ1) is 7.86. The highest BCUT2D eigenvalue weighted by atomic mass is 32.1. The van der Waals surface area contributed by atoms with Gasteiger partial charge in [-0.2, -0.15) is 0 Å². The first-order valence-corrected chi connectivity index (χ1v) is 6.82. The van der Waals surface area contributed by atoms with E-state index in [0.717, 1.165) is 23.0 Å². The van der Waals surface area contributed by atoms with Gasteiger partial charge < -0.3 is 5.32 Å². The van der Waals surface area contributed by atoms with E-state index >= 15 is 0 Å². The van der Waals surface area contributed by atoms with E-state index in [1.165, 1.54) is 11.3 Å². The van der Waals surface area contributed by atoms with Crippen molar-refractivity contribution in [3.8, 4) is 0 Å². The van der Waals surface area contributed by atoms with Gasteiger partial charge >= 0.3 is 0 Å². The summed E-state index contributed by atoms with van der Waals surface area (Å²) in [5, 5.41) is 7.97. The Kier molecular flexibility index (Phi) is 4.07. The fourth-order valence-electron chi connectivity index (χ4n) is 1.32. The Morgan fingerprint density at radius 2 is 2.31 bits per heavy atom. The molecule has 3 nitrogen and oxygen atoms in total. The van der Waals surface area contributed by atoms with E-state index < -0.39 is 0 Å². The van der Waals surface area contributed by atoms with E-state index in [9.17, 15) is 4.79 Å². The molecule has 2 heterocycles. The molecule has 16 heavy (non-hydrogen) atoms. The molecule has 0 aliphatic heterocycles. The molecule has 0 saturated carbocycles. The summed E-state index contributed by atoms with van der Waals surface area (Å²) in [6.07, 6.45) is 3.21. The fourth-order valence-corrected chi connectivity index (χ4v) is 2.57. The van der Waals surface area contributed by atoms with Crippen molar-refractivity contribution in [2.75, 3.05) is 11.9 Å². The summed E-state index contributed by atoms with van der Waals surface area (Å²) >= 11 is 3.08. The largest absolute Gasteiger partial charge is 0.362 e. The molecule has 0 saturated heterocycles. The summed E-state index contributed by atoms with van der Waals surface area (Å²) in [4.78, 5) is 16.6. The standard InChI is InChI=1S/C11H12N2OS2/c14-9(10-4-2-7-15-10)3-1-5-12-11-13-6-8-16-11/h2,4,6-8H,1,3,5H2,(H,12,13). The Bertz CT molecular complexity index is 423. The Balaban J connectivity index is 1.67. The molecule has 0 fully saturated rings. The Labute approximate surface area is 102 Å². The van der Waals surface area contributed by atoms with Gasteiger partial charge in [-0.05, 0) is 17.9 Å². The van der Waals surface area contributed by atoms with Gasteiger partial charge in [0.15, 0.2) is 10.9 Å². The van der Waals surface area contributed by atoms with E-state index in [0.29, 0.717) is 6.42 Å². The van der Waals surface area contributed by atoms with Crippen molar-refractivity contribution in [1.82, 2.24) is 4.98 Å². The predicted molar refractivity (Wildman–Crippen MR) is 68.5 cm³/mol. The maximum Gasteiger partial charge on any atom is 0.182 e. The zero-order chi connectivity index (χ0) is 11.2. The number of carbonyl (C=O) groups excluding carboxylic acids is 1. The molecule has 0 amide bonds. The van der Waals surface area contributed by atoms with Crippen molar-refractivity contribution in [3.63, 3.8) is 0 Å². The molecule has 0 aliphatic carbocycles. The van der Waals surface area contributed by atoms with Crippen molar-refractivity contribution in [2.45, 2.75) is 12.8 Å². The monoisotopic (exact) mass is 252 g/mol.